The third-order valence-corrected chi connectivity index (χ3v) is 8.85. The first-order chi connectivity index (χ1) is 20.8. The number of aliphatic hydroxyl groups is 1. The molecule has 3 aromatic rings. The Morgan fingerprint density at radius 2 is 1.82 bits per heavy atom. The molecule has 0 spiro atoms. The van der Waals surface area contributed by atoms with Crippen molar-refractivity contribution in [2.24, 2.45) is 10.9 Å². The Kier molecular flexibility index (Phi) is 7.72. The molecule has 44 heavy (non-hydrogen) atoms. The molecular weight excluding hydrogens is 612 g/mol. The molecule has 1 aromatic heterocycles. The van der Waals surface area contributed by atoms with Gasteiger partial charge in [0.1, 0.15) is 0 Å². The molecular formula is C29H25F6N5O3S. The molecule has 1 N–H and O–H groups in total. The third kappa shape index (κ3) is 6.07. The van der Waals surface area contributed by atoms with E-state index in [0.717, 1.165) is 18.9 Å². The van der Waals surface area contributed by atoms with Gasteiger partial charge in [-0.15, -0.1) is 0 Å². The number of rotatable bonds is 5. The molecule has 1 atom stereocenters. The van der Waals surface area contributed by atoms with Gasteiger partial charge < -0.3 is 14.9 Å². The fourth-order valence-electron chi connectivity index (χ4n) is 5.36. The summed E-state index contributed by atoms with van der Waals surface area (Å²) in [5.74, 6) is -0.350. The summed E-state index contributed by atoms with van der Waals surface area (Å²) in [5, 5.41) is 15.1. The van der Waals surface area contributed by atoms with Crippen molar-refractivity contribution in [2.45, 2.75) is 37.8 Å². The van der Waals surface area contributed by atoms with Crippen molar-refractivity contribution in [3.63, 3.8) is 0 Å². The Hall–Kier alpha value is -3.85. The van der Waals surface area contributed by atoms with E-state index in [2.05, 4.69) is 10.1 Å². The van der Waals surface area contributed by atoms with Crippen LogP contribution in [0.1, 0.15) is 35.1 Å². The van der Waals surface area contributed by atoms with E-state index >= 15 is 0 Å². The largest absolute Gasteiger partial charge is 0.416 e. The van der Waals surface area contributed by atoms with Crippen LogP contribution in [0.4, 0.5) is 26.3 Å². The van der Waals surface area contributed by atoms with E-state index in [0.29, 0.717) is 52.2 Å². The van der Waals surface area contributed by atoms with Crippen molar-refractivity contribution < 1.29 is 41.0 Å². The van der Waals surface area contributed by atoms with Gasteiger partial charge in [0.05, 0.1) is 46.9 Å². The number of piperazine rings is 1. The topological polar surface area (TPSA) is 91.0 Å². The fraction of sp³-hybridized carbons (Fsp3) is 0.379. The van der Waals surface area contributed by atoms with Gasteiger partial charge in [-0.2, -0.15) is 36.4 Å². The quantitative estimate of drug-likeness (QED) is 0.313. The first-order valence-electron chi connectivity index (χ1n) is 13.7. The predicted molar refractivity (Wildman–Crippen MR) is 150 cm³/mol. The normalized spacial score (nSPS) is 20.6. The zero-order valence-electron chi connectivity index (χ0n) is 22.9. The minimum absolute atomic E-state index is 0.0385. The molecule has 3 heterocycles. The molecule has 6 rings (SSSR count). The van der Waals surface area contributed by atoms with Crippen molar-refractivity contribution in [3.05, 3.63) is 69.8 Å². The fourth-order valence-corrected chi connectivity index (χ4v) is 6.31. The molecule has 2 amide bonds. The maximum Gasteiger partial charge on any atom is 0.416 e. The van der Waals surface area contributed by atoms with Crippen LogP contribution in [0.15, 0.2) is 52.5 Å². The van der Waals surface area contributed by atoms with Crippen LogP contribution in [0.25, 0.3) is 17.0 Å². The molecule has 2 fully saturated rings. The number of carbonyl (C=O) groups excluding carboxylic acids is 2. The molecule has 232 valence electrons. The summed E-state index contributed by atoms with van der Waals surface area (Å²) in [5.41, 5.74) is -2.06. The SMILES string of the molecule is O=C1N=C(N2CCN(C(=O)C3CC3)C(CO)C2)S/C1=C/c1ccc2c(cnn2Cc2ccc(C(F)(F)F)cc2C(F)(F)F)c1. The van der Waals surface area contributed by atoms with E-state index in [9.17, 15) is 41.0 Å². The van der Waals surface area contributed by atoms with Crippen LogP contribution < -0.4 is 0 Å². The van der Waals surface area contributed by atoms with Crippen LogP contribution in [0, 0.1) is 5.92 Å². The van der Waals surface area contributed by atoms with Crippen LogP contribution in [0.3, 0.4) is 0 Å². The highest BCUT2D eigenvalue weighted by Crippen LogP contribution is 2.38. The summed E-state index contributed by atoms with van der Waals surface area (Å²) in [4.78, 5) is 33.4. The molecule has 15 heteroatoms. The minimum Gasteiger partial charge on any atom is -0.394 e. The zero-order chi connectivity index (χ0) is 31.4. The van der Waals surface area contributed by atoms with Crippen LogP contribution in [-0.2, 0) is 28.5 Å². The van der Waals surface area contributed by atoms with E-state index in [1.165, 1.54) is 22.6 Å². The number of benzene rings is 2. The molecule has 3 aliphatic rings. The summed E-state index contributed by atoms with van der Waals surface area (Å²) in [7, 11) is 0. The number of alkyl halides is 6. The highest BCUT2D eigenvalue weighted by atomic mass is 32.2. The summed E-state index contributed by atoms with van der Waals surface area (Å²) in [6.45, 7) is 0.637. The highest BCUT2D eigenvalue weighted by molar-refractivity contribution is 8.18. The number of hydrogen-bond donors (Lipinski definition) is 1. The second kappa shape index (κ2) is 11.3. The van der Waals surface area contributed by atoms with Crippen molar-refractivity contribution in [3.8, 4) is 0 Å². The van der Waals surface area contributed by atoms with Gasteiger partial charge >= 0.3 is 12.4 Å². The number of fused-ring (bicyclic) bond motifs is 1. The summed E-state index contributed by atoms with van der Waals surface area (Å²) >= 11 is 1.17. The van der Waals surface area contributed by atoms with E-state index in [1.807, 2.05) is 4.90 Å². The number of carbonyl (C=O) groups is 2. The molecule has 1 unspecified atom stereocenters. The number of thioether (sulfide) groups is 1. The van der Waals surface area contributed by atoms with Gasteiger partial charge in [0, 0.05) is 30.9 Å². The lowest BCUT2D eigenvalue weighted by atomic mass is 10.0. The molecule has 1 saturated heterocycles. The highest BCUT2D eigenvalue weighted by Gasteiger charge is 2.40. The van der Waals surface area contributed by atoms with Crippen molar-refractivity contribution in [1.82, 2.24) is 19.6 Å². The number of aromatic nitrogens is 2. The first-order valence-corrected chi connectivity index (χ1v) is 14.5. The van der Waals surface area contributed by atoms with Crippen LogP contribution in [0.5, 0.6) is 0 Å². The van der Waals surface area contributed by atoms with Gasteiger partial charge in [-0.25, -0.2) is 0 Å². The smallest absolute Gasteiger partial charge is 0.394 e. The van der Waals surface area contributed by atoms with Gasteiger partial charge in [0.15, 0.2) is 5.17 Å². The molecule has 2 aromatic carbocycles. The van der Waals surface area contributed by atoms with Gasteiger partial charge in [-0.3, -0.25) is 14.3 Å². The summed E-state index contributed by atoms with van der Waals surface area (Å²) in [6.07, 6.45) is -5.11. The molecule has 1 aliphatic carbocycles. The van der Waals surface area contributed by atoms with Gasteiger partial charge in [0.2, 0.25) is 5.91 Å². The average molecular weight is 638 g/mol. The lowest BCUT2D eigenvalue weighted by molar-refractivity contribution is -0.143. The molecule has 0 radical (unpaired) electrons. The van der Waals surface area contributed by atoms with Gasteiger partial charge in [0.25, 0.3) is 5.91 Å². The number of nitrogens with zero attached hydrogens (tertiary/aromatic N) is 5. The Morgan fingerprint density at radius 1 is 1.05 bits per heavy atom. The lowest BCUT2D eigenvalue weighted by Crippen LogP contribution is -2.57. The lowest BCUT2D eigenvalue weighted by Gasteiger charge is -2.41. The number of amidine groups is 1. The van der Waals surface area contributed by atoms with Crippen LogP contribution in [-0.4, -0.2) is 74.0 Å². The van der Waals surface area contributed by atoms with Gasteiger partial charge in [-0.05, 0) is 66.1 Å². The monoisotopic (exact) mass is 637 g/mol. The number of amides is 2. The van der Waals surface area contributed by atoms with E-state index in [-0.39, 0.29) is 30.1 Å². The van der Waals surface area contributed by atoms with Crippen molar-refractivity contribution in [1.29, 1.82) is 0 Å². The summed E-state index contributed by atoms with van der Waals surface area (Å²) in [6, 6.07) is 6.10. The number of halogens is 6. The van der Waals surface area contributed by atoms with Gasteiger partial charge in [-0.1, -0.05) is 12.1 Å². The zero-order valence-corrected chi connectivity index (χ0v) is 23.7. The second-order valence-electron chi connectivity index (χ2n) is 10.9. The van der Waals surface area contributed by atoms with Crippen LogP contribution >= 0.6 is 11.8 Å². The summed E-state index contributed by atoms with van der Waals surface area (Å²) < 4.78 is 81.3. The molecule has 2 aliphatic heterocycles. The molecule has 1 saturated carbocycles. The number of hydrogen-bond acceptors (Lipinski definition) is 6. The second-order valence-corrected chi connectivity index (χ2v) is 11.9. The maximum absolute atomic E-state index is 13.6. The predicted octanol–water partition coefficient (Wildman–Crippen LogP) is 5.01. The van der Waals surface area contributed by atoms with E-state index in [1.54, 1.807) is 29.2 Å². The molecule has 8 nitrogen and oxygen atoms in total. The molecule has 0 bridgehead atoms. The maximum atomic E-state index is 13.6. The Morgan fingerprint density at radius 3 is 2.50 bits per heavy atom. The Balaban J connectivity index is 1.17. The first kappa shape index (κ1) is 30.2. The van der Waals surface area contributed by atoms with Crippen molar-refractivity contribution >= 4 is 45.7 Å². The average Bonchev–Trinajstić information content (AvgIpc) is 3.66. The van der Waals surface area contributed by atoms with Crippen molar-refractivity contribution in [2.75, 3.05) is 26.2 Å². The standard InChI is InChI=1S/C29H25F6N5O3S/c30-28(31,32)20-5-4-18(22(11-20)29(33,34)35)13-40-23-6-1-16(9-19(23)12-36-40)10-24-25(42)37-27(44-24)38-7-8-39(21(14-38)15-41)26(43)17-2-3-17/h1,4-6,9-12,17,21,41H,2-3,7-8,13-15H2/b24-10+. The Bertz CT molecular complexity index is 1690. The van der Waals surface area contributed by atoms with Crippen LogP contribution in [0.2, 0.25) is 0 Å². The minimum atomic E-state index is -4.99. The Labute approximate surface area is 251 Å². The third-order valence-electron chi connectivity index (χ3n) is 7.81. The number of aliphatic imine (C=N–C) groups is 1. The van der Waals surface area contributed by atoms with E-state index < -0.39 is 42.0 Å². The number of aliphatic hydroxyl groups excluding tert-OH is 1. The van der Waals surface area contributed by atoms with E-state index in [4.69, 9.17) is 0 Å².